The van der Waals surface area contributed by atoms with Crippen molar-refractivity contribution in [2.75, 3.05) is 17.2 Å². The summed E-state index contributed by atoms with van der Waals surface area (Å²) in [6.07, 6.45) is 0. The van der Waals surface area contributed by atoms with E-state index in [-0.39, 0.29) is 5.82 Å². The fourth-order valence-corrected chi connectivity index (χ4v) is 1.58. The van der Waals surface area contributed by atoms with Gasteiger partial charge in [-0.15, -0.1) is 0 Å². The average molecular weight is 285 g/mol. The van der Waals surface area contributed by atoms with Crippen molar-refractivity contribution in [3.05, 3.63) is 47.5 Å². The van der Waals surface area contributed by atoms with E-state index >= 15 is 0 Å². The highest BCUT2D eigenvalue weighted by Crippen LogP contribution is 2.26. The molecule has 0 radical (unpaired) electrons. The van der Waals surface area contributed by atoms with Crippen LogP contribution in [-0.2, 0) is 0 Å². The molecule has 1 heterocycles. The van der Waals surface area contributed by atoms with Gasteiger partial charge in [-0.1, -0.05) is 6.07 Å². The summed E-state index contributed by atoms with van der Waals surface area (Å²) in [6, 6.07) is 3.79. The molecule has 7 heteroatoms. The molecule has 1 aromatic heterocycles. The van der Waals surface area contributed by atoms with Gasteiger partial charge >= 0.3 is 0 Å². The molecule has 0 fully saturated rings. The molecule has 1 aromatic carbocycles. The maximum Gasteiger partial charge on any atom is 0.169 e. The lowest BCUT2D eigenvalue weighted by atomic mass is 10.3. The van der Waals surface area contributed by atoms with Crippen molar-refractivity contribution in [1.82, 2.24) is 4.98 Å². The predicted octanol–water partition coefficient (Wildman–Crippen LogP) is 3.81. The lowest BCUT2D eigenvalue weighted by Crippen LogP contribution is -2.07. The van der Waals surface area contributed by atoms with Crippen molar-refractivity contribution in [2.45, 2.75) is 6.92 Å². The highest BCUT2D eigenvalue weighted by Gasteiger charge is 2.15. The number of hydrogen-bond donors (Lipinski definition) is 2. The van der Waals surface area contributed by atoms with Crippen molar-refractivity contribution in [2.24, 2.45) is 0 Å². The molecule has 0 bridgehead atoms. The van der Waals surface area contributed by atoms with Gasteiger partial charge in [-0.2, -0.15) is 0 Å². The first-order valence-corrected chi connectivity index (χ1v) is 5.84. The molecule has 0 atom stereocenters. The third kappa shape index (κ3) is 2.81. The summed E-state index contributed by atoms with van der Waals surface area (Å²) in [7, 11) is 0. The Balaban J connectivity index is 2.40. The average Bonchev–Trinajstić information content (AvgIpc) is 2.39. The second-order valence-corrected chi connectivity index (χ2v) is 3.90. The third-order valence-corrected chi connectivity index (χ3v) is 2.48. The van der Waals surface area contributed by atoms with Crippen LogP contribution in [0.25, 0.3) is 0 Å². The van der Waals surface area contributed by atoms with Crippen LogP contribution in [-0.4, -0.2) is 11.5 Å². The molecule has 2 rings (SSSR count). The summed E-state index contributed by atoms with van der Waals surface area (Å²) in [6.45, 7) is 2.07. The molecule has 0 saturated carbocycles. The molecule has 20 heavy (non-hydrogen) atoms. The largest absolute Gasteiger partial charge is 0.368 e. The van der Waals surface area contributed by atoms with Crippen molar-refractivity contribution in [1.29, 1.82) is 0 Å². The molecule has 0 aliphatic carbocycles. The van der Waals surface area contributed by atoms with E-state index in [1.165, 1.54) is 6.07 Å². The van der Waals surface area contributed by atoms with Crippen molar-refractivity contribution in [3.63, 3.8) is 0 Å². The van der Waals surface area contributed by atoms with E-state index < -0.39 is 34.8 Å². The molecule has 0 saturated heterocycles. The molecule has 3 nitrogen and oxygen atoms in total. The van der Waals surface area contributed by atoms with E-state index in [4.69, 9.17) is 0 Å². The minimum absolute atomic E-state index is 0.201. The molecular weight excluding hydrogens is 274 g/mol. The zero-order valence-corrected chi connectivity index (χ0v) is 10.5. The Hall–Kier alpha value is -2.31. The van der Waals surface area contributed by atoms with Crippen LogP contribution in [0.4, 0.5) is 34.9 Å². The SMILES string of the molecule is CCNc1nc(Nc2c(F)cccc2F)c(F)cc1F. The zero-order valence-electron chi connectivity index (χ0n) is 10.5. The molecule has 106 valence electrons. The van der Waals surface area contributed by atoms with Crippen LogP contribution >= 0.6 is 0 Å². The number of halogens is 4. The third-order valence-electron chi connectivity index (χ3n) is 2.48. The predicted molar refractivity (Wildman–Crippen MR) is 68.0 cm³/mol. The number of benzene rings is 1. The van der Waals surface area contributed by atoms with E-state index in [0.29, 0.717) is 12.6 Å². The summed E-state index contributed by atoms with van der Waals surface area (Å²) in [4.78, 5) is 3.63. The molecule has 0 amide bonds. The van der Waals surface area contributed by atoms with Crippen LogP contribution in [0.1, 0.15) is 6.92 Å². The first-order chi connectivity index (χ1) is 9.52. The Kier molecular flexibility index (Phi) is 4.07. The first kappa shape index (κ1) is 14.1. The van der Waals surface area contributed by atoms with Crippen molar-refractivity contribution >= 4 is 17.3 Å². The number of pyridine rings is 1. The Bertz CT molecular complexity index is 611. The number of rotatable bonds is 4. The highest BCUT2D eigenvalue weighted by molar-refractivity contribution is 5.60. The summed E-state index contributed by atoms with van der Waals surface area (Å²) in [5, 5.41) is 4.77. The Morgan fingerprint density at radius 1 is 0.950 bits per heavy atom. The van der Waals surface area contributed by atoms with Crippen LogP contribution in [0, 0.1) is 23.3 Å². The fourth-order valence-electron chi connectivity index (χ4n) is 1.58. The molecule has 2 N–H and O–H groups in total. The van der Waals surface area contributed by atoms with Gasteiger partial charge in [0.05, 0.1) is 0 Å². The van der Waals surface area contributed by atoms with E-state index in [2.05, 4.69) is 15.6 Å². The van der Waals surface area contributed by atoms with Crippen LogP contribution in [0.5, 0.6) is 0 Å². The zero-order chi connectivity index (χ0) is 14.7. The van der Waals surface area contributed by atoms with Crippen LogP contribution in [0.15, 0.2) is 24.3 Å². The molecule has 0 aliphatic rings. The topological polar surface area (TPSA) is 37.0 Å². The summed E-state index contributed by atoms with van der Waals surface area (Å²) in [5.74, 6) is -4.41. The number of para-hydroxylation sites is 1. The Morgan fingerprint density at radius 2 is 1.55 bits per heavy atom. The summed E-state index contributed by atoms with van der Waals surface area (Å²) < 4.78 is 53.9. The highest BCUT2D eigenvalue weighted by atomic mass is 19.1. The van der Waals surface area contributed by atoms with Gasteiger partial charge in [-0.25, -0.2) is 22.5 Å². The standard InChI is InChI=1S/C13H11F4N3/c1-2-18-12-9(16)6-10(17)13(20-12)19-11-7(14)4-3-5-8(11)15/h3-6H,2H2,1H3,(H2,18,19,20). The quantitative estimate of drug-likeness (QED) is 0.839. The van der Waals surface area contributed by atoms with Gasteiger partial charge in [0.15, 0.2) is 23.3 Å². The molecule has 2 aromatic rings. The fraction of sp³-hybridized carbons (Fsp3) is 0.154. The first-order valence-electron chi connectivity index (χ1n) is 5.84. The number of anilines is 3. The van der Waals surface area contributed by atoms with Gasteiger partial charge in [-0.3, -0.25) is 0 Å². The second-order valence-electron chi connectivity index (χ2n) is 3.90. The minimum Gasteiger partial charge on any atom is -0.368 e. The number of nitrogens with one attached hydrogen (secondary N) is 2. The maximum absolute atomic E-state index is 13.6. The van der Waals surface area contributed by atoms with E-state index in [0.717, 1.165) is 12.1 Å². The Morgan fingerprint density at radius 3 is 2.15 bits per heavy atom. The Labute approximate surface area is 112 Å². The van der Waals surface area contributed by atoms with Gasteiger partial charge < -0.3 is 10.6 Å². The van der Waals surface area contributed by atoms with E-state index in [1.54, 1.807) is 6.92 Å². The van der Waals surface area contributed by atoms with Crippen LogP contribution in [0.3, 0.4) is 0 Å². The molecule has 0 unspecified atom stereocenters. The van der Waals surface area contributed by atoms with Crippen LogP contribution in [0.2, 0.25) is 0 Å². The number of hydrogen-bond acceptors (Lipinski definition) is 3. The van der Waals surface area contributed by atoms with E-state index in [1.807, 2.05) is 0 Å². The lowest BCUT2D eigenvalue weighted by Gasteiger charge is -2.11. The smallest absolute Gasteiger partial charge is 0.169 e. The van der Waals surface area contributed by atoms with E-state index in [9.17, 15) is 17.6 Å². The normalized spacial score (nSPS) is 10.4. The summed E-state index contributed by atoms with van der Waals surface area (Å²) >= 11 is 0. The summed E-state index contributed by atoms with van der Waals surface area (Å²) in [5.41, 5.74) is -0.548. The van der Waals surface area contributed by atoms with Crippen molar-refractivity contribution < 1.29 is 17.6 Å². The maximum atomic E-state index is 13.6. The second kappa shape index (κ2) is 5.77. The molecular formula is C13H11F4N3. The van der Waals surface area contributed by atoms with Gasteiger partial charge in [0, 0.05) is 12.6 Å². The lowest BCUT2D eigenvalue weighted by molar-refractivity contribution is 0.576. The molecule has 0 spiro atoms. The van der Waals surface area contributed by atoms with Crippen LogP contribution < -0.4 is 10.6 Å². The van der Waals surface area contributed by atoms with Gasteiger partial charge in [0.2, 0.25) is 0 Å². The van der Waals surface area contributed by atoms with Gasteiger partial charge in [0.1, 0.15) is 17.3 Å². The van der Waals surface area contributed by atoms with Crippen molar-refractivity contribution in [3.8, 4) is 0 Å². The monoisotopic (exact) mass is 285 g/mol. The van der Waals surface area contributed by atoms with Gasteiger partial charge in [0.25, 0.3) is 0 Å². The minimum atomic E-state index is -1.05. The number of aromatic nitrogens is 1. The molecule has 0 aliphatic heterocycles. The number of nitrogens with zero attached hydrogens (tertiary/aromatic N) is 1. The van der Waals surface area contributed by atoms with Gasteiger partial charge in [-0.05, 0) is 19.1 Å².